The number of amides is 2. The molecule has 1 aliphatic rings. The van der Waals surface area contributed by atoms with Crippen LogP contribution in [0, 0.1) is 0 Å². The van der Waals surface area contributed by atoms with Crippen molar-refractivity contribution in [3.63, 3.8) is 0 Å². The predicted octanol–water partition coefficient (Wildman–Crippen LogP) is 1.43. The quantitative estimate of drug-likeness (QED) is 0.477. The molecule has 0 aromatic carbocycles. The third kappa shape index (κ3) is 6.43. The number of carbonyl (C=O) groups excluding carboxylic acids is 2. The number of primary amides is 1. The standard InChI is InChI=1S/C12H22N2O2/c13-11(15)7-5-3-1-2-4-6-8-12(16)14-9-10-14/h1-10H2,(H2,13,15). The molecule has 4 nitrogen and oxygen atoms in total. The minimum absolute atomic E-state index is 0.205. The Hall–Kier alpha value is -1.06. The minimum atomic E-state index is -0.205. The molecule has 0 aliphatic carbocycles. The molecule has 1 aliphatic heterocycles. The van der Waals surface area contributed by atoms with E-state index in [0.717, 1.165) is 51.6 Å². The maximum absolute atomic E-state index is 11.3. The molecule has 1 saturated heterocycles. The van der Waals surface area contributed by atoms with Crippen LogP contribution >= 0.6 is 0 Å². The van der Waals surface area contributed by atoms with Crippen LogP contribution in [0.1, 0.15) is 51.4 Å². The Morgan fingerprint density at radius 3 is 1.88 bits per heavy atom. The Kier molecular flexibility index (Phi) is 5.90. The van der Waals surface area contributed by atoms with Crippen LogP contribution in [0.25, 0.3) is 0 Å². The highest BCUT2D eigenvalue weighted by Gasteiger charge is 2.22. The molecule has 1 rings (SSSR count). The van der Waals surface area contributed by atoms with E-state index in [1.54, 1.807) is 0 Å². The van der Waals surface area contributed by atoms with Crippen LogP contribution in [0.15, 0.2) is 0 Å². The van der Waals surface area contributed by atoms with Crippen molar-refractivity contribution in [1.82, 2.24) is 4.90 Å². The molecule has 0 radical (unpaired) electrons. The molecule has 1 heterocycles. The van der Waals surface area contributed by atoms with E-state index >= 15 is 0 Å². The van der Waals surface area contributed by atoms with Gasteiger partial charge in [-0.3, -0.25) is 9.59 Å². The number of carbonyl (C=O) groups is 2. The van der Waals surface area contributed by atoms with Gasteiger partial charge in [-0.1, -0.05) is 25.7 Å². The average molecular weight is 226 g/mol. The molecule has 0 bridgehead atoms. The zero-order valence-corrected chi connectivity index (χ0v) is 9.91. The second-order valence-corrected chi connectivity index (χ2v) is 4.47. The molecule has 2 amide bonds. The number of nitrogens with zero attached hydrogens (tertiary/aromatic N) is 1. The summed E-state index contributed by atoms with van der Waals surface area (Å²) in [6.45, 7) is 1.93. The highest BCUT2D eigenvalue weighted by atomic mass is 16.2. The Bertz CT molecular complexity index is 237. The van der Waals surface area contributed by atoms with E-state index in [9.17, 15) is 9.59 Å². The summed E-state index contributed by atoms with van der Waals surface area (Å²) in [5.74, 6) is 0.109. The number of rotatable bonds is 9. The van der Waals surface area contributed by atoms with Crippen LogP contribution in [-0.4, -0.2) is 29.8 Å². The van der Waals surface area contributed by atoms with Crippen molar-refractivity contribution in [3.8, 4) is 0 Å². The summed E-state index contributed by atoms with van der Waals surface area (Å²) in [6, 6.07) is 0. The fourth-order valence-corrected chi connectivity index (χ4v) is 1.74. The molecule has 16 heavy (non-hydrogen) atoms. The second kappa shape index (κ2) is 7.25. The van der Waals surface area contributed by atoms with Gasteiger partial charge in [0.2, 0.25) is 11.8 Å². The van der Waals surface area contributed by atoms with Gasteiger partial charge in [-0.2, -0.15) is 0 Å². The zero-order valence-electron chi connectivity index (χ0n) is 9.91. The van der Waals surface area contributed by atoms with Crippen molar-refractivity contribution in [2.24, 2.45) is 5.73 Å². The largest absolute Gasteiger partial charge is 0.370 e. The highest BCUT2D eigenvalue weighted by molar-refractivity contribution is 5.78. The van der Waals surface area contributed by atoms with Gasteiger partial charge in [0.25, 0.3) is 0 Å². The van der Waals surface area contributed by atoms with Gasteiger partial charge in [0.1, 0.15) is 0 Å². The van der Waals surface area contributed by atoms with Crippen LogP contribution in [0.5, 0.6) is 0 Å². The first-order chi connectivity index (χ1) is 7.70. The van der Waals surface area contributed by atoms with Crippen molar-refractivity contribution in [3.05, 3.63) is 0 Å². The van der Waals surface area contributed by atoms with E-state index in [-0.39, 0.29) is 5.91 Å². The van der Waals surface area contributed by atoms with Crippen LogP contribution in [-0.2, 0) is 9.59 Å². The van der Waals surface area contributed by atoms with Gasteiger partial charge in [-0.05, 0) is 12.8 Å². The van der Waals surface area contributed by atoms with Crippen LogP contribution in [0.4, 0.5) is 0 Å². The van der Waals surface area contributed by atoms with E-state index in [1.165, 1.54) is 0 Å². The molecule has 92 valence electrons. The van der Waals surface area contributed by atoms with Gasteiger partial charge in [0, 0.05) is 25.9 Å². The third-order valence-corrected chi connectivity index (χ3v) is 2.86. The topological polar surface area (TPSA) is 63.2 Å². The number of hydrogen-bond acceptors (Lipinski definition) is 2. The van der Waals surface area contributed by atoms with Crippen LogP contribution < -0.4 is 5.73 Å². The molecule has 0 spiro atoms. The lowest BCUT2D eigenvalue weighted by Crippen LogP contribution is -2.09. The van der Waals surface area contributed by atoms with Gasteiger partial charge in [0.15, 0.2) is 0 Å². The highest BCUT2D eigenvalue weighted by Crippen LogP contribution is 2.12. The van der Waals surface area contributed by atoms with Crippen LogP contribution in [0.3, 0.4) is 0 Å². The normalized spacial score (nSPS) is 13.9. The lowest BCUT2D eigenvalue weighted by molar-refractivity contribution is -0.125. The molecule has 0 atom stereocenters. The minimum Gasteiger partial charge on any atom is -0.370 e. The Balaban J connectivity index is 1.77. The molecule has 2 N–H and O–H groups in total. The average Bonchev–Trinajstić information content (AvgIpc) is 3.04. The maximum Gasteiger partial charge on any atom is 0.222 e. The van der Waals surface area contributed by atoms with Crippen molar-refractivity contribution in [1.29, 1.82) is 0 Å². The molecular formula is C12H22N2O2. The first kappa shape index (κ1) is 13.0. The predicted molar refractivity (Wildman–Crippen MR) is 62.7 cm³/mol. The summed E-state index contributed by atoms with van der Waals surface area (Å²) in [4.78, 5) is 23.6. The van der Waals surface area contributed by atoms with Crippen molar-refractivity contribution in [2.45, 2.75) is 51.4 Å². The van der Waals surface area contributed by atoms with Gasteiger partial charge >= 0.3 is 0 Å². The molecule has 0 aromatic rings. The molecule has 0 aromatic heterocycles. The molecule has 4 heteroatoms. The van der Waals surface area contributed by atoms with Crippen molar-refractivity contribution >= 4 is 11.8 Å². The maximum atomic E-state index is 11.3. The zero-order chi connectivity index (χ0) is 11.8. The van der Waals surface area contributed by atoms with Crippen molar-refractivity contribution in [2.75, 3.05) is 13.1 Å². The summed E-state index contributed by atoms with van der Waals surface area (Å²) < 4.78 is 0. The molecule has 0 saturated carbocycles. The van der Waals surface area contributed by atoms with Gasteiger partial charge in [-0.15, -0.1) is 0 Å². The summed E-state index contributed by atoms with van der Waals surface area (Å²) in [6.07, 6.45) is 7.62. The Morgan fingerprint density at radius 2 is 1.38 bits per heavy atom. The second-order valence-electron chi connectivity index (χ2n) is 4.47. The molecular weight excluding hydrogens is 204 g/mol. The fraction of sp³-hybridized carbons (Fsp3) is 0.833. The smallest absolute Gasteiger partial charge is 0.222 e. The number of hydrogen-bond donors (Lipinski definition) is 1. The fourth-order valence-electron chi connectivity index (χ4n) is 1.74. The Labute approximate surface area is 97.2 Å². The summed E-state index contributed by atoms with van der Waals surface area (Å²) >= 11 is 0. The lowest BCUT2D eigenvalue weighted by Gasteiger charge is -2.02. The Morgan fingerprint density at radius 1 is 0.875 bits per heavy atom. The van der Waals surface area contributed by atoms with Gasteiger partial charge < -0.3 is 10.6 Å². The lowest BCUT2D eigenvalue weighted by atomic mass is 10.1. The van der Waals surface area contributed by atoms with Gasteiger partial charge in [-0.25, -0.2) is 0 Å². The van der Waals surface area contributed by atoms with Gasteiger partial charge in [0.05, 0.1) is 0 Å². The first-order valence-electron chi connectivity index (χ1n) is 6.26. The summed E-state index contributed by atoms with van der Waals surface area (Å²) in [5, 5.41) is 0. The van der Waals surface area contributed by atoms with E-state index in [1.807, 2.05) is 4.90 Å². The number of unbranched alkanes of at least 4 members (excludes halogenated alkanes) is 5. The third-order valence-electron chi connectivity index (χ3n) is 2.86. The molecule has 0 unspecified atom stereocenters. The summed E-state index contributed by atoms with van der Waals surface area (Å²) in [7, 11) is 0. The SMILES string of the molecule is NC(=O)CCCCCCCCC(=O)N1CC1. The van der Waals surface area contributed by atoms with Crippen LogP contribution in [0.2, 0.25) is 0 Å². The summed E-state index contributed by atoms with van der Waals surface area (Å²) in [5.41, 5.74) is 5.04. The van der Waals surface area contributed by atoms with E-state index in [2.05, 4.69) is 0 Å². The van der Waals surface area contributed by atoms with E-state index in [4.69, 9.17) is 5.73 Å². The van der Waals surface area contributed by atoms with Crippen molar-refractivity contribution < 1.29 is 9.59 Å². The number of nitrogens with two attached hydrogens (primary N) is 1. The van der Waals surface area contributed by atoms with E-state index in [0.29, 0.717) is 18.7 Å². The van der Waals surface area contributed by atoms with E-state index < -0.39 is 0 Å². The first-order valence-corrected chi connectivity index (χ1v) is 6.26. The molecule has 1 fully saturated rings. The monoisotopic (exact) mass is 226 g/mol.